The molecule has 0 atom stereocenters. The van der Waals surface area contributed by atoms with Crippen LogP contribution >= 0.6 is 0 Å². The molecule has 0 saturated carbocycles. The molecule has 0 aromatic carbocycles. The summed E-state index contributed by atoms with van der Waals surface area (Å²) < 4.78 is 51.7. The van der Waals surface area contributed by atoms with Crippen LogP contribution in [0.25, 0.3) is 0 Å². The van der Waals surface area contributed by atoms with Gasteiger partial charge in [0.1, 0.15) is 12.2 Å². The number of carbonyl (C=O) groups is 1. The highest BCUT2D eigenvalue weighted by molar-refractivity contribution is 5.90. The van der Waals surface area contributed by atoms with Gasteiger partial charge in [-0.25, -0.2) is 9.18 Å². The van der Waals surface area contributed by atoms with Gasteiger partial charge < -0.3 is 14.8 Å². The van der Waals surface area contributed by atoms with E-state index in [1.165, 1.54) is 0 Å². The zero-order valence-electron chi connectivity index (χ0n) is 7.97. The Morgan fingerprint density at radius 2 is 2.06 bits per heavy atom. The van der Waals surface area contributed by atoms with Crippen molar-refractivity contribution in [2.24, 2.45) is 0 Å². The van der Waals surface area contributed by atoms with Gasteiger partial charge in [-0.1, -0.05) is 0 Å². The molecule has 1 aromatic heterocycles. The highest BCUT2D eigenvalue weighted by Crippen LogP contribution is 2.28. The highest BCUT2D eigenvalue weighted by Gasteiger charge is 2.35. The Kier molecular flexibility index (Phi) is 3.39. The molecule has 5 nitrogen and oxygen atoms in total. The van der Waals surface area contributed by atoms with Gasteiger partial charge >= 0.3 is 12.3 Å². The fourth-order valence-corrected chi connectivity index (χ4v) is 1.07. The first kappa shape index (κ1) is 13.0. The molecule has 0 radical (unpaired) electrons. The second-order valence-electron chi connectivity index (χ2n) is 2.83. The molecule has 0 bridgehead atoms. The van der Waals surface area contributed by atoms with E-state index in [0.29, 0.717) is 6.20 Å². The van der Waals surface area contributed by atoms with Crippen LogP contribution in [0.4, 0.5) is 17.6 Å². The first-order valence-corrected chi connectivity index (χ1v) is 4.06. The Labute approximate surface area is 90.6 Å². The van der Waals surface area contributed by atoms with E-state index in [4.69, 9.17) is 5.11 Å². The summed E-state index contributed by atoms with van der Waals surface area (Å²) in [7, 11) is 0. The van der Waals surface area contributed by atoms with Crippen molar-refractivity contribution >= 4 is 5.97 Å². The first-order chi connectivity index (χ1) is 7.76. The molecule has 17 heavy (non-hydrogen) atoms. The van der Waals surface area contributed by atoms with Crippen LogP contribution in [0.15, 0.2) is 11.0 Å². The van der Waals surface area contributed by atoms with Crippen LogP contribution in [0.2, 0.25) is 0 Å². The summed E-state index contributed by atoms with van der Waals surface area (Å²) in [5.74, 6) is -3.12. The Morgan fingerprint density at radius 3 is 2.47 bits per heavy atom. The Bertz CT molecular complexity index is 493. The van der Waals surface area contributed by atoms with E-state index in [-0.39, 0.29) is 0 Å². The second kappa shape index (κ2) is 4.44. The van der Waals surface area contributed by atoms with Gasteiger partial charge in [0.2, 0.25) is 0 Å². The summed E-state index contributed by atoms with van der Waals surface area (Å²) in [6, 6.07) is 0. The van der Waals surface area contributed by atoms with Gasteiger partial charge in [-0.05, 0) is 0 Å². The van der Waals surface area contributed by atoms with Gasteiger partial charge in [0.25, 0.3) is 5.56 Å². The van der Waals surface area contributed by atoms with Crippen molar-refractivity contribution in [3.8, 4) is 5.75 Å². The Balaban J connectivity index is 3.44. The second-order valence-corrected chi connectivity index (χ2v) is 2.83. The fraction of sp³-hybridized carbons (Fsp3) is 0.250. The first-order valence-electron chi connectivity index (χ1n) is 4.06. The van der Waals surface area contributed by atoms with E-state index < -0.39 is 41.4 Å². The standard InChI is InChI=1S/C8H5F4NO4/c9-1-3-5(17-8(10,11)12)4(7(15)16)2-13-6(3)14/h2H,1H2,(H,13,14)(H,15,16). The van der Waals surface area contributed by atoms with Gasteiger partial charge in [-0.15, -0.1) is 13.2 Å². The van der Waals surface area contributed by atoms with Crippen molar-refractivity contribution in [2.45, 2.75) is 13.0 Å². The molecule has 1 rings (SSSR count). The molecule has 0 aliphatic carbocycles. The average Bonchev–Trinajstić information content (AvgIpc) is 2.15. The van der Waals surface area contributed by atoms with Gasteiger partial charge in [-0.2, -0.15) is 0 Å². The topological polar surface area (TPSA) is 79.4 Å². The number of alkyl halides is 4. The van der Waals surface area contributed by atoms with Crippen LogP contribution in [0, 0.1) is 0 Å². The molecular weight excluding hydrogens is 250 g/mol. The van der Waals surface area contributed by atoms with Crippen LogP contribution < -0.4 is 10.3 Å². The van der Waals surface area contributed by atoms with Crippen LogP contribution in [0.5, 0.6) is 5.75 Å². The van der Waals surface area contributed by atoms with Crippen molar-refractivity contribution in [3.05, 3.63) is 27.7 Å². The van der Waals surface area contributed by atoms with Gasteiger partial charge in [0.15, 0.2) is 5.75 Å². The molecule has 9 heteroatoms. The third-order valence-corrected chi connectivity index (χ3v) is 1.72. The van der Waals surface area contributed by atoms with E-state index >= 15 is 0 Å². The molecule has 0 amide bonds. The van der Waals surface area contributed by atoms with Crippen molar-refractivity contribution < 1.29 is 32.2 Å². The molecule has 0 fully saturated rings. The highest BCUT2D eigenvalue weighted by atomic mass is 19.4. The molecule has 0 saturated heterocycles. The maximum atomic E-state index is 12.4. The number of halogens is 4. The lowest BCUT2D eigenvalue weighted by Crippen LogP contribution is -2.24. The lowest BCUT2D eigenvalue weighted by Gasteiger charge is -2.13. The average molecular weight is 255 g/mol. The summed E-state index contributed by atoms with van der Waals surface area (Å²) in [6.07, 6.45) is -4.72. The summed E-state index contributed by atoms with van der Waals surface area (Å²) in [6.45, 7) is -1.58. The fourth-order valence-electron chi connectivity index (χ4n) is 1.07. The number of aromatic carboxylic acids is 1. The van der Waals surface area contributed by atoms with E-state index in [0.717, 1.165) is 0 Å². The smallest absolute Gasteiger partial charge is 0.477 e. The number of hydrogen-bond donors (Lipinski definition) is 2. The SMILES string of the molecule is O=C(O)c1c[nH]c(=O)c(CF)c1OC(F)(F)F. The van der Waals surface area contributed by atoms with Crippen LogP contribution in [0.1, 0.15) is 15.9 Å². The number of hydrogen-bond acceptors (Lipinski definition) is 3. The number of aromatic nitrogens is 1. The predicted octanol–water partition coefficient (Wildman–Crippen LogP) is 1.44. The molecule has 0 spiro atoms. The van der Waals surface area contributed by atoms with Crippen molar-refractivity contribution in [3.63, 3.8) is 0 Å². The van der Waals surface area contributed by atoms with Crippen LogP contribution in [0.3, 0.4) is 0 Å². The zero-order valence-corrected chi connectivity index (χ0v) is 7.97. The number of carboxylic acids is 1. The predicted molar refractivity (Wildman–Crippen MR) is 45.5 cm³/mol. The molecule has 0 aliphatic heterocycles. The van der Waals surface area contributed by atoms with Crippen LogP contribution in [-0.4, -0.2) is 22.4 Å². The van der Waals surface area contributed by atoms with Crippen molar-refractivity contribution in [1.29, 1.82) is 0 Å². The van der Waals surface area contributed by atoms with E-state index in [9.17, 15) is 27.2 Å². The number of nitrogens with one attached hydrogen (secondary N) is 1. The van der Waals surface area contributed by atoms with Crippen molar-refractivity contribution in [1.82, 2.24) is 4.98 Å². The summed E-state index contributed by atoms with van der Waals surface area (Å²) in [5.41, 5.74) is -3.19. The molecule has 1 aromatic rings. The summed E-state index contributed by atoms with van der Waals surface area (Å²) >= 11 is 0. The molecule has 0 aliphatic rings. The third kappa shape index (κ3) is 2.95. The van der Waals surface area contributed by atoms with E-state index in [1.54, 1.807) is 4.98 Å². The van der Waals surface area contributed by atoms with Gasteiger partial charge in [0, 0.05) is 6.20 Å². The van der Waals surface area contributed by atoms with E-state index in [2.05, 4.69) is 4.74 Å². The number of rotatable bonds is 3. The lowest BCUT2D eigenvalue weighted by atomic mass is 10.2. The summed E-state index contributed by atoms with van der Waals surface area (Å²) in [5, 5.41) is 8.58. The van der Waals surface area contributed by atoms with Crippen molar-refractivity contribution in [2.75, 3.05) is 0 Å². The van der Waals surface area contributed by atoms with E-state index in [1.807, 2.05) is 0 Å². The molecular formula is C8H5F4NO4. The normalized spacial score (nSPS) is 11.3. The molecule has 94 valence electrons. The summed E-state index contributed by atoms with van der Waals surface area (Å²) in [4.78, 5) is 23.4. The zero-order chi connectivity index (χ0) is 13.2. The maximum Gasteiger partial charge on any atom is 0.573 e. The minimum Gasteiger partial charge on any atom is -0.477 e. The quantitative estimate of drug-likeness (QED) is 0.801. The monoisotopic (exact) mass is 255 g/mol. The molecule has 1 heterocycles. The number of aromatic amines is 1. The minimum absolute atomic E-state index is 0.505. The molecule has 0 unspecified atom stereocenters. The number of H-pyrrole nitrogens is 1. The third-order valence-electron chi connectivity index (χ3n) is 1.72. The molecule has 2 N–H and O–H groups in total. The maximum absolute atomic E-state index is 12.4. The van der Waals surface area contributed by atoms with Crippen LogP contribution in [-0.2, 0) is 6.67 Å². The van der Waals surface area contributed by atoms with Gasteiger partial charge in [0.05, 0.1) is 5.56 Å². The number of ether oxygens (including phenoxy) is 1. The number of carboxylic acid groups (broad SMARTS) is 1. The van der Waals surface area contributed by atoms with Gasteiger partial charge in [-0.3, -0.25) is 4.79 Å². The lowest BCUT2D eigenvalue weighted by molar-refractivity contribution is -0.275. The largest absolute Gasteiger partial charge is 0.573 e. The minimum atomic E-state index is -5.22. The Morgan fingerprint density at radius 1 is 1.47 bits per heavy atom. The number of pyridine rings is 1. The Hall–Kier alpha value is -2.06.